The van der Waals surface area contributed by atoms with Gasteiger partial charge in [-0.1, -0.05) is 24.3 Å². The number of hydrogen-bond acceptors (Lipinski definition) is 32. The van der Waals surface area contributed by atoms with Gasteiger partial charge in [-0.3, -0.25) is 18.2 Å². The second kappa shape index (κ2) is 38.8. The minimum Gasteiger partial charge on any atom is -0.395 e. The van der Waals surface area contributed by atoms with E-state index in [9.17, 15) is 72.3 Å². The van der Waals surface area contributed by atoms with Crippen molar-refractivity contribution >= 4 is 111 Å². The molecule has 0 atom stereocenters. The standard InChI is InChI=1S/C40H44N12O16S4.4C2H7NO/c53-19-15-51(16-20-54)39-47-35(41-27-7-11-31(12-8-27)69(57,58)59)45-37(49-39)43-29-5-3-25(33(23-29)71(63,64)65)1-2-26-4-6-30(24-34(26)72(66,67)68)44-38-46-36(48-40(50-38)52(17-21-55)18-22-56)42-28-9-13-32(14-10-28)70(60,61)62;4*3-1-2-4/h1-14,23-24,53-56H,15-22H2,(H,57,58,59)(H,60,61,62)(H,63,64,65)(H,66,67,68)(H2,41,43,45,47,49)(H2,42,44,46,48,50);4*4H,1-3H2/b2-1+;;;;. The van der Waals surface area contributed by atoms with Gasteiger partial charge in [0.2, 0.25) is 35.7 Å². The molecule has 0 aliphatic heterocycles. The summed E-state index contributed by atoms with van der Waals surface area (Å²) in [5.74, 6) is -0.916. The van der Waals surface area contributed by atoms with Gasteiger partial charge in [-0.2, -0.15) is 63.6 Å². The molecule has 24 N–H and O–H groups in total. The number of nitrogens with one attached hydrogen (secondary N) is 4. The molecule has 0 amide bonds. The van der Waals surface area contributed by atoms with Crippen LogP contribution in [-0.4, -0.2) is 228 Å². The maximum atomic E-state index is 12.8. The summed E-state index contributed by atoms with van der Waals surface area (Å²) in [5.41, 5.74) is 19.2. The van der Waals surface area contributed by atoms with Gasteiger partial charge in [0.05, 0.1) is 62.6 Å². The quantitative estimate of drug-likeness (QED) is 0.0179. The van der Waals surface area contributed by atoms with Crippen molar-refractivity contribution in [3.05, 3.63) is 96.1 Å². The third-order valence-electron chi connectivity index (χ3n) is 10.2. The van der Waals surface area contributed by atoms with Crippen LogP contribution in [0.1, 0.15) is 11.1 Å². The summed E-state index contributed by atoms with van der Waals surface area (Å²) in [6.07, 6.45) is 2.27. The molecule has 0 unspecified atom stereocenters. The maximum absolute atomic E-state index is 12.8. The molecular formula is C48H72N16O20S4. The maximum Gasteiger partial charge on any atom is 0.295 e. The van der Waals surface area contributed by atoms with Crippen LogP contribution in [0.2, 0.25) is 0 Å². The topological polar surface area (TPSA) is 615 Å². The van der Waals surface area contributed by atoms with Gasteiger partial charge in [0.1, 0.15) is 9.79 Å². The fourth-order valence-corrected chi connectivity index (χ4v) is 8.78. The average Bonchev–Trinajstić information content (AvgIpc) is 1.82. The van der Waals surface area contributed by atoms with Crippen molar-refractivity contribution in [1.29, 1.82) is 0 Å². The number of nitrogens with zero attached hydrogens (tertiary/aromatic N) is 8. The second-order valence-corrected chi connectivity index (χ2v) is 22.4. The Labute approximate surface area is 506 Å². The van der Waals surface area contributed by atoms with E-state index in [0.29, 0.717) is 26.2 Å². The first-order valence-electron chi connectivity index (χ1n) is 25.5. The van der Waals surface area contributed by atoms with Crippen LogP contribution < -0.4 is 54.0 Å². The number of benzene rings is 4. The Morgan fingerprint density at radius 2 is 0.591 bits per heavy atom. The Hall–Kier alpha value is -7.40. The van der Waals surface area contributed by atoms with Gasteiger partial charge in [0.25, 0.3) is 40.5 Å². The zero-order valence-electron chi connectivity index (χ0n) is 46.7. The number of aromatic nitrogens is 6. The Morgan fingerprint density at radius 3 is 0.807 bits per heavy atom. The molecule has 0 saturated heterocycles. The number of rotatable bonds is 28. The number of aliphatic hydroxyl groups excluding tert-OH is 8. The molecule has 2 heterocycles. The predicted octanol–water partition coefficient (Wildman–Crippen LogP) is -2.48. The Balaban J connectivity index is 0.00000147. The predicted molar refractivity (Wildman–Crippen MR) is 324 cm³/mol. The highest BCUT2D eigenvalue weighted by Crippen LogP contribution is 2.30. The Bertz CT molecular complexity index is 3310. The van der Waals surface area contributed by atoms with E-state index in [-0.39, 0.29) is 149 Å². The summed E-state index contributed by atoms with van der Waals surface area (Å²) in [6.45, 7) is 0.202. The molecule has 488 valence electrons. The van der Waals surface area contributed by atoms with Crippen LogP contribution in [-0.2, 0) is 40.5 Å². The molecular weight excluding hydrogens is 1250 g/mol. The minimum absolute atomic E-state index is 0.0176. The summed E-state index contributed by atoms with van der Waals surface area (Å²) in [4.78, 5) is 26.4. The fraction of sp³-hybridized carbons (Fsp3) is 0.333. The first-order valence-corrected chi connectivity index (χ1v) is 31.2. The smallest absolute Gasteiger partial charge is 0.295 e. The van der Waals surface area contributed by atoms with E-state index in [1.807, 2.05) is 0 Å². The van der Waals surface area contributed by atoms with Crippen LogP contribution in [0.25, 0.3) is 12.2 Å². The van der Waals surface area contributed by atoms with Crippen molar-refractivity contribution in [2.45, 2.75) is 19.6 Å². The van der Waals surface area contributed by atoms with Crippen LogP contribution in [0.4, 0.5) is 58.4 Å². The van der Waals surface area contributed by atoms with Crippen molar-refractivity contribution in [3.8, 4) is 0 Å². The van der Waals surface area contributed by atoms with Crippen LogP contribution in [0.5, 0.6) is 0 Å². The van der Waals surface area contributed by atoms with Gasteiger partial charge in [-0.15, -0.1) is 0 Å². The number of anilines is 10. The molecule has 0 spiro atoms. The molecule has 4 aromatic carbocycles. The van der Waals surface area contributed by atoms with Gasteiger partial charge < -0.3 is 94.9 Å². The summed E-state index contributed by atoms with van der Waals surface area (Å²) >= 11 is 0. The number of nitrogens with two attached hydrogens (primary N) is 4. The molecule has 0 fully saturated rings. The van der Waals surface area contributed by atoms with Gasteiger partial charge in [0.15, 0.2) is 0 Å². The molecule has 6 aromatic rings. The van der Waals surface area contributed by atoms with E-state index in [1.165, 1.54) is 58.3 Å². The molecule has 36 nitrogen and oxygen atoms in total. The van der Waals surface area contributed by atoms with E-state index in [4.69, 9.17) is 43.4 Å². The summed E-state index contributed by atoms with van der Waals surface area (Å²) < 4.78 is 137. The number of hydrogen-bond donors (Lipinski definition) is 20. The highest BCUT2D eigenvalue weighted by atomic mass is 32.2. The SMILES string of the molecule is NCCO.NCCO.NCCO.NCCO.O=S(=O)(O)c1ccc(Nc2nc(Nc3ccc(/C=C/c4ccc(Nc5nc(Nc6ccc(S(=O)(=O)O)cc6)nc(N(CCO)CCO)n5)cc4S(=O)(=O)O)c(S(=O)(=O)O)c3)nc(N(CCO)CCO)n2)cc1. The fourth-order valence-electron chi connectivity index (χ4n) is 6.41. The Kier molecular flexibility index (Phi) is 33.8. The van der Waals surface area contributed by atoms with E-state index in [0.717, 1.165) is 48.6 Å². The highest BCUT2D eigenvalue weighted by Gasteiger charge is 2.21. The van der Waals surface area contributed by atoms with Gasteiger partial charge in [-0.05, 0) is 83.9 Å². The van der Waals surface area contributed by atoms with Crippen molar-refractivity contribution in [3.63, 3.8) is 0 Å². The Morgan fingerprint density at radius 1 is 0.352 bits per heavy atom. The molecule has 2 aromatic heterocycles. The molecule has 0 bridgehead atoms. The first kappa shape index (κ1) is 76.7. The van der Waals surface area contributed by atoms with Crippen molar-refractivity contribution in [2.75, 3.05) is 136 Å². The summed E-state index contributed by atoms with van der Waals surface area (Å²) in [7, 11) is -19.1. The van der Waals surface area contributed by atoms with E-state index in [2.05, 4.69) is 51.2 Å². The van der Waals surface area contributed by atoms with Gasteiger partial charge in [0, 0.05) is 75.1 Å². The molecule has 88 heavy (non-hydrogen) atoms. The summed E-state index contributed by atoms with van der Waals surface area (Å²) in [6, 6.07) is 16.8. The van der Waals surface area contributed by atoms with Gasteiger partial charge in [-0.25, -0.2) is 0 Å². The van der Waals surface area contributed by atoms with Gasteiger partial charge >= 0.3 is 0 Å². The molecule has 0 aliphatic rings. The second-order valence-electron chi connectivity index (χ2n) is 16.8. The first-order chi connectivity index (χ1) is 41.6. The molecule has 6 rings (SSSR count). The van der Waals surface area contributed by atoms with E-state index < -0.39 is 60.1 Å². The van der Waals surface area contributed by atoms with Crippen molar-refractivity contribution in [1.82, 2.24) is 29.9 Å². The van der Waals surface area contributed by atoms with Crippen LogP contribution in [0.15, 0.2) is 105 Å². The lowest BCUT2D eigenvalue weighted by molar-refractivity contribution is 0.279. The van der Waals surface area contributed by atoms with Crippen LogP contribution in [0, 0.1) is 0 Å². The third kappa shape index (κ3) is 27.3. The van der Waals surface area contributed by atoms with E-state index >= 15 is 0 Å². The minimum atomic E-state index is -5.03. The largest absolute Gasteiger partial charge is 0.395 e. The third-order valence-corrected chi connectivity index (χ3v) is 13.7. The van der Waals surface area contributed by atoms with Crippen LogP contribution >= 0.6 is 0 Å². The lowest BCUT2D eigenvalue weighted by Crippen LogP contribution is -2.31. The molecule has 0 saturated carbocycles. The van der Waals surface area contributed by atoms with E-state index in [1.54, 1.807) is 0 Å². The highest BCUT2D eigenvalue weighted by molar-refractivity contribution is 7.86. The van der Waals surface area contributed by atoms with Crippen LogP contribution in [0.3, 0.4) is 0 Å². The lowest BCUT2D eigenvalue weighted by atomic mass is 10.1. The average molecular weight is 1320 g/mol. The molecule has 0 aliphatic carbocycles. The summed E-state index contributed by atoms with van der Waals surface area (Å²) in [5, 5.41) is 80.9. The number of aliphatic hydroxyl groups is 8. The van der Waals surface area contributed by atoms with Crippen molar-refractivity contribution < 1.29 is 92.7 Å². The van der Waals surface area contributed by atoms with Crippen molar-refractivity contribution in [2.24, 2.45) is 22.9 Å². The normalized spacial score (nSPS) is 11.3. The zero-order chi connectivity index (χ0) is 66.1. The monoisotopic (exact) mass is 1320 g/mol. The molecule has 0 radical (unpaired) electrons. The lowest BCUT2D eigenvalue weighted by Gasteiger charge is -2.21. The molecule has 40 heteroatoms. The zero-order valence-corrected chi connectivity index (χ0v) is 50.0.